The molecule has 0 bridgehead atoms. The standard InChI is InChI=1S/C13H11BrFN3OS/c1-2-7-5-16-12(19-7)6-18-11-4-9(15)8(14)3-10(11)17-13(18)20/h3-5H,2,6H2,1H3,(H,17,20). The lowest BCUT2D eigenvalue weighted by molar-refractivity contribution is 0.447. The van der Waals surface area contributed by atoms with Gasteiger partial charge in [-0.2, -0.15) is 0 Å². The molecule has 3 aromatic rings. The Balaban J connectivity index is 2.08. The van der Waals surface area contributed by atoms with Gasteiger partial charge in [0, 0.05) is 12.5 Å². The number of H-pyrrole nitrogens is 1. The molecule has 104 valence electrons. The minimum absolute atomic E-state index is 0.332. The second-order valence-corrected chi connectivity index (χ2v) is 5.61. The number of halogens is 2. The smallest absolute Gasteiger partial charge is 0.214 e. The highest BCUT2D eigenvalue weighted by Crippen LogP contribution is 2.23. The van der Waals surface area contributed by atoms with E-state index in [0.717, 1.165) is 17.7 Å². The molecule has 0 fully saturated rings. The van der Waals surface area contributed by atoms with Gasteiger partial charge in [-0.3, -0.25) is 0 Å². The summed E-state index contributed by atoms with van der Waals surface area (Å²) in [6.45, 7) is 2.37. The van der Waals surface area contributed by atoms with E-state index in [2.05, 4.69) is 25.9 Å². The normalized spacial score (nSPS) is 11.3. The van der Waals surface area contributed by atoms with Crippen LogP contribution < -0.4 is 0 Å². The maximum atomic E-state index is 13.7. The van der Waals surface area contributed by atoms with E-state index in [-0.39, 0.29) is 5.82 Å². The number of nitrogens with one attached hydrogen (secondary N) is 1. The summed E-state index contributed by atoms with van der Waals surface area (Å²) < 4.78 is 21.9. The fourth-order valence-corrected chi connectivity index (χ4v) is 2.64. The van der Waals surface area contributed by atoms with Crippen LogP contribution in [0.1, 0.15) is 18.6 Å². The number of aromatic amines is 1. The van der Waals surface area contributed by atoms with Crippen LogP contribution in [0.2, 0.25) is 0 Å². The van der Waals surface area contributed by atoms with Crippen molar-refractivity contribution in [1.29, 1.82) is 0 Å². The molecular formula is C13H11BrFN3OS. The number of benzene rings is 1. The molecule has 0 saturated heterocycles. The lowest BCUT2D eigenvalue weighted by Gasteiger charge is -2.02. The van der Waals surface area contributed by atoms with E-state index in [0.29, 0.717) is 27.2 Å². The number of oxazole rings is 1. The molecule has 1 N–H and O–H groups in total. The minimum atomic E-state index is -0.332. The van der Waals surface area contributed by atoms with Gasteiger partial charge in [0.2, 0.25) is 5.89 Å². The molecule has 0 radical (unpaired) electrons. The van der Waals surface area contributed by atoms with E-state index in [1.165, 1.54) is 6.07 Å². The summed E-state index contributed by atoms with van der Waals surface area (Å²) in [5, 5.41) is 0. The van der Waals surface area contributed by atoms with E-state index in [1.807, 2.05) is 6.92 Å². The zero-order valence-corrected chi connectivity index (χ0v) is 13.0. The maximum Gasteiger partial charge on any atom is 0.214 e. The minimum Gasteiger partial charge on any atom is -0.444 e. The summed E-state index contributed by atoms with van der Waals surface area (Å²) in [5.74, 6) is 1.05. The molecule has 0 aliphatic carbocycles. The van der Waals surface area contributed by atoms with Gasteiger partial charge in [-0.05, 0) is 34.2 Å². The molecule has 0 atom stereocenters. The summed E-state index contributed by atoms with van der Waals surface area (Å²) in [4.78, 5) is 7.25. The number of aromatic nitrogens is 3. The van der Waals surface area contributed by atoms with E-state index < -0.39 is 0 Å². The lowest BCUT2D eigenvalue weighted by atomic mass is 10.3. The predicted molar refractivity (Wildman–Crippen MR) is 79.8 cm³/mol. The zero-order valence-electron chi connectivity index (χ0n) is 10.6. The average Bonchev–Trinajstić information content (AvgIpc) is 2.98. The quantitative estimate of drug-likeness (QED) is 0.716. The molecule has 1 aromatic carbocycles. The molecule has 2 heterocycles. The molecule has 0 unspecified atom stereocenters. The highest BCUT2D eigenvalue weighted by Gasteiger charge is 2.11. The molecule has 0 aliphatic heterocycles. The Bertz CT molecular complexity index is 836. The van der Waals surface area contributed by atoms with Crippen molar-refractivity contribution < 1.29 is 8.81 Å². The van der Waals surface area contributed by atoms with Crippen LogP contribution in [-0.4, -0.2) is 14.5 Å². The van der Waals surface area contributed by atoms with Gasteiger partial charge in [-0.1, -0.05) is 6.92 Å². The summed E-state index contributed by atoms with van der Waals surface area (Å²) in [7, 11) is 0. The first-order valence-corrected chi connectivity index (χ1v) is 7.29. The van der Waals surface area contributed by atoms with E-state index >= 15 is 0 Å². The van der Waals surface area contributed by atoms with E-state index in [4.69, 9.17) is 16.6 Å². The van der Waals surface area contributed by atoms with Crippen LogP contribution >= 0.6 is 28.1 Å². The van der Waals surface area contributed by atoms with Gasteiger partial charge in [-0.15, -0.1) is 0 Å². The van der Waals surface area contributed by atoms with E-state index in [1.54, 1.807) is 16.8 Å². The second-order valence-electron chi connectivity index (χ2n) is 4.37. The van der Waals surface area contributed by atoms with Crippen LogP contribution in [0.25, 0.3) is 11.0 Å². The van der Waals surface area contributed by atoms with Crippen molar-refractivity contribution >= 4 is 39.2 Å². The van der Waals surface area contributed by atoms with Crippen molar-refractivity contribution in [2.24, 2.45) is 0 Å². The number of nitrogens with zero attached hydrogens (tertiary/aromatic N) is 2. The van der Waals surface area contributed by atoms with Crippen LogP contribution in [0, 0.1) is 10.6 Å². The van der Waals surface area contributed by atoms with Crippen molar-refractivity contribution in [1.82, 2.24) is 14.5 Å². The van der Waals surface area contributed by atoms with Crippen molar-refractivity contribution in [3.63, 3.8) is 0 Å². The molecule has 0 amide bonds. The highest BCUT2D eigenvalue weighted by atomic mass is 79.9. The van der Waals surface area contributed by atoms with Crippen LogP contribution in [0.4, 0.5) is 4.39 Å². The average molecular weight is 356 g/mol. The number of rotatable bonds is 3. The Labute approximate surface area is 127 Å². The molecule has 4 nitrogen and oxygen atoms in total. The zero-order chi connectivity index (χ0) is 14.3. The van der Waals surface area contributed by atoms with Crippen molar-refractivity contribution in [2.75, 3.05) is 0 Å². The summed E-state index contributed by atoms with van der Waals surface area (Å²) in [5.41, 5.74) is 1.46. The topological polar surface area (TPSA) is 46.8 Å². The third-order valence-electron chi connectivity index (χ3n) is 3.06. The van der Waals surface area contributed by atoms with Crippen LogP contribution in [0.3, 0.4) is 0 Å². The number of hydrogen-bond donors (Lipinski definition) is 1. The van der Waals surface area contributed by atoms with Crippen LogP contribution in [-0.2, 0) is 13.0 Å². The molecule has 3 rings (SSSR count). The van der Waals surface area contributed by atoms with Gasteiger partial charge in [0.05, 0.1) is 21.7 Å². The Morgan fingerprint density at radius 1 is 1.50 bits per heavy atom. The first kappa shape index (κ1) is 13.5. The van der Waals surface area contributed by atoms with Gasteiger partial charge in [0.1, 0.15) is 18.1 Å². The number of hydrogen-bond acceptors (Lipinski definition) is 3. The highest BCUT2D eigenvalue weighted by molar-refractivity contribution is 9.10. The third kappa shape index (κ3) is 2.31. The first-order chi connectivity index (χ1) is 9.58. The SMILES string of the molecule is CCc1cnc(Cn2c(=S)[nH]c3cc(Br)c(F)cc32)o1. The Hall–Kier alpha value is -1.47. The Kier molecular flexibility index (Phi) is 3.47. The van der Waals surface area contributed by atoms with Crippen molar-refractivity contribution in [3.8, 4) is 0 Å². The predicted octanol–water partition coefficient (Wildman–Crippen LogP) is 4.20. The maximum absolute atomic E-state index is 13.7. The third-order valence-corrected chi connectivity index (χ3v) is 3.99. The largest absolute Gasteiger partial charge is 0.444 e. The monoisotopic (exact) mass is 355 g/mol. The van der Waals surface area contributed by atoms with Gasteiger partial charge in [0.25, 0.3) is 0 Å². The van der Waals surface area contributed by atoms with Crippen LogP contribution in [0.15, 0.2) is 27.2 Å². The molecule has 20 heavy (non-hydrogen) atoms. The Morgan fingerprint density at radius 3 is 3.00 bits per heavy atom. The van der Waals surface area contributed by atoms with Crippen molar-refractivity contribution in [3.05, 3.63) is 45.0 Å². The first-order valence-electron chi connectivity index (χ1n) is 6.09. The summed E-state index contributed by atoms with van der Waals surface area (Å²) >= 11 is 8.43. The molecule has 7 heteroatoms. The number of imidazole rings is 1. The van der Waals surface area contributed by atoms with Gasteiger partial charge < -0.3 is 14.0 Å². The molecular weight excluding hydrogens is 345 g/mol. The lowest BCUT2D eigenvalue weighted by Crippen LogP contribution is -2.00. The number of fused-ring (bicyclic) bond motifs is 1. The van der Waals surface area contributed by atoms with Gasteiger partial charge in [0.15, 0.2) is 4.77 Å². The molecule has 0 saturated carbocycles. The molecule has 2 aromatic heterocycles. The van der Waals surface area contributed by atoms with Crippen LogP contribution in [0.5, 0.6) is 0 Å². The summed E-state index contributed by atoms with van der Waals surface area (Å²) in [6.07, 6.45) is 2.48. The fourth-order valence-electron chi connectivity index (χ4n) is 2.03. The van der Waals surface area contributed by atoms with Gasteiger partial charge in [-0.25, -0.2) is 9.37 Å². The second kappa shape index (κ2) is 5.14. The molecule has 0 aliphatic rings. The fraction of sp³-hybridized carbons (Fsp3) is 0.231. The number of aryl methyl sites for hydroxylation is 1. The van der Waals surface area contributed by atoms with Crippen molar-refractivity contribution in [2.45, 2.75) is 19.9 Å². The summed E-state index contributed by atoms with van der Waals surface area (Å²) in [6, 6.07) is 3.11. The Morgan fingerprint density at radius 2 is 2.30 bits per heavy atom. The molecule has 0 spiro atoms. The van der Waals surface area contributed by atoms with Gasteiger partial charge >= 0.3 is 0 Å². The van der Waals surface area contributed by atoms with E-state index in [9.17, 15) is 4.39 Å².